The number of hydrogen-bond donors (Lipinski definition) is 2. The molecule has 1 aliphatic rings. The minimum atomic E-state index is -0.303. The average Bonchev–Trinajstić information content (AvgIpc) is 2.66. The number of nitrogens with zero attached hydrogens (tertiary/aromatic N) is 3. The summed E-state index contributed by atoms with van der Waals surface area (Å²) in [6.07, 6.45) is 4.68. The van der Waals surface area contributed by atoms with Gasteiger partial charge in [0.25, 0.3) is 0 Å². The molecule has 0 bridgehead atoms. The topological polar surface area (TPSA) is 75.1 Å². The van der Waals surface area contributed by atoms with Gasteiger partial charge in [0.2, 0.25) is 0 Å². The highest BCUT2D eigenvalue weighted by atomic mass is 16.2. The van der Waals surface area contributed by atoms with Crippen molar-refractivity contribution in [2.45, 2.75) is 38.1 Å². The molecular weight excluding hydrogens is 218 g/mol. The lowest BCUT2D eigenvalue weighted by Crippen LogP contribution is -2.44. The van der Waals surface area contributed by atoms with Crippen LogP contribution in [0.25, 0.3) is 5.65 Å². The molecule has 0 atom stereocenters. The number of H-pyrrole nitrogens is 1. The van der Waals surface area contributed by atoms with E-state index in [2.05, 4.69) is 27.5 Å². The highest BCUT2D eigenvalue weighted by molar-refractivity contribution is 5.45. The van der Waals surface area contributed by atoms with Gasteiger partial charge in [-0.15, -0.1) is 5.10 Å². The van der Waals surface area contributed by atoms with Crippen molar-refractivity contribution >= 4 is 11.5 Å². The molecule has 2 N–H and O–H groups in total. The van der Waals surface area contributed by atoms with Crippen LogP contribution in [0.4, 0.5) is 5.82 Å². The third kappa shape index (κ3) is 1.60. The van der Waals surface area contributed by atoms with Gasteiger partial charge in [-0.2, -0.15) is 9.61 Å². The third-order valence-electron chi connectivity index (χ3n) is 3.65. The number of fused-ring (bicyclic) bond motifs is 1. The Labute approximate surface area is 98.0 Å². The Kier molecular flexibility index (Phi) is 2.17. The van der Waals surface area contributed by atoms with Gasteiger partial charge >= 0.3 is 5.69 Å². The van der Waals surface area contributed by atoms with Crippen molar-refractivity contribution in [2.75, 3.05) is 5.32 Å². The van der Waals surface area contributed by atoms with Crippen molar-refractivity contribution in [1.82, 2.24) is 19.8 Å². The second kappa shape index (κ2) is 3.58. The lowest BCUT2D eigenvalue weighted by molar-refractivity contribution is 0.268. The molecule has 1 aliphatic carbocycles. The fourth-order valence-electron chi connectivity index (χ4n) is 2.31. The third-order valence-corrected chi connectivity index (χ3v) is 3.65. The summed E-state index contributed by atoms with van der Waals surface area (Å²) in [6, 6.07) is 3.65. The van der Waals surface area contributed by atoms with Gasteiger partial charge in [-0.3, -0.25) is 0 Å². The molecule has 0 aromatic carbocycles. The van der Waals surface area contributed by atoms with Gasteiger partial charge in [-0.25, -0.2) is 9.89 Å². The Morgan fingerprint density at radius 1 is 1.53 bits per heavy atom. The van der Waals surface area contributed by atoms with Crippen LogP contribution in [-0.2, 0) is 0 Å². The number of aromatic nitrogens is 4. The number of rotatable bonds is 3. The molecule has 0 spiro atoms. The summed E-state index contributed by atoms with van der Waals surface area (Å²) in [5, 5.41) is 13.9. The maximum atomic E-state index is 11.4. The summed E-state index contributed by atoms with van der Waals surface area (Å²) in [5.74, 6) is 0.738. The van der Waals surface area contributed by atoms with Crippen LogP contribution in [-0.4, -0.2) is 25.4 Å². The van der Waals surface area contributed by atoms with Gasteiger partial charge in [-0.1, -0.05) is 6.92 Å². The van der Waals surface area contributed by atoms with E-state index in [9.17, 15) is 4.79 Å². The van der Waals surface area contributed by atoms with Crippen LogP contribution in [0.5, 0.6) is 0 Å². The van der Waals surface area contributed by atoms with Gasteiger partial charge in [0.15, 0.2) is 5.65 Å². The standard InChI is InChI=1S/C11H15N5O/c1-2-11(6-3-7-11)12-8-4-5-9-13-14-10(17)16(9)15-8/h4-5H,2-3,6-7H2,1H3,(H,12,15)(H,14,17). The van der Waals surface area contributed by atoms with Crippen LogP contribution in [0.1, 0.15) is 32.6 Å². The van der Waals surface area contributed by atoms with Crippen molar-refractivity contribution in [1.29, 1.82) is 0 Å². The Balaban J connectivity index is 1.95. The van der Waals surface area contributed by atoms with E-state index in [0.29, 0.717) is 5.65 Å². The molecule has 0 radical (unpaired) electrons. The molecule has 2 aromatic rings. The van der Waals surface area contributed by atoms with E-state index in [1.54, 1.807) is 6.07 Å². The summed E-state index contributed by atoms with van der Waals surface area (Å²) >= 11 is 0. The summed E-state index contributed by atoms with van der Waals surface area (Å²) < 4.78 is 1.28. The quantitative estimate of drug-likeness (QED) is 0.834. The van der Waals surface area contributed by atoms with E-state index in [1.165, 1.54) is 23.8 Å². The molecule has 6 nitrogen and oxygen atoms in total. The number of aromatic amines is 1. The van der Waals surface area contributed by atoms with Crippen molar-refractivity contribution in [3.8, 4) is 0 Å². The molecule has 0 unspecified atom stereocenters. The zero-order chi connectivity index (χ0) is 11.9. The van der Waals surface area contributed by atoms with Gasteiger partial charge in [-0.05, 0) is 37.8 Å². The monoisotopic (exact) mass is 233 g/mol. The molecule has 1 saturated carbocycles. The minimum Gasteiger partial charge on any atom is -0.363 e. The molecule has 3 rings (SSSR count). The van der Waals surface area contributed by atoms with Crippen LogP contribution >= 0.6 is 0 Å². The lowest BCUT2D eigenvalue weighted by Gasteiger charge is -2.42. The van der Waals surface area contributed by atoms with E-state index in [-0.39, 0.29) is 11.2 Å². The van der Waals surface area contributed by atoms with E-state index in [0.717, 1.165) is 12.2 Å². The van der Waals surface area contributed by atoms with E-state index in [4.69, 9.17) is 0 Å². The first-order valence-corrected chi connectivity index (χ1v) is 5.95. The highest BCUT2D eigenvalue weighted by Gasteiger charge is 2.35. The van der Waals surface area contributed by atoms with Crippen LogP contribution < -0.4 is 11.0 Å². The Morgan fingerprint density at radius 3 is 3.00 bits per heavy atom. The molecule has 90 valence electrons. The summed E-state index contributed by atoms with van der Waals surface area (Å²) in [7, 11) is 0. The molecule has 0 aliphatic heterocycles. The Morgan fingerprint density at radius 2 is 2.35 bits per heavy atom. The zero-order valence-electron chi connectivity index (χ0n) is 9.73. The highest BCUT2D eigenvalue weighted by Crippen LogP contribution is 2.37. The molecule has 2 aromatic heterocycles. The van der Waals surface area contributed by atoms with Crippen molar-refractivity contribution in [3.05, 3.63) is 22.6 Å². The molecule has 1 fully saturated rings. The Hall–Kier alpha value is -1.85. The molecule has 0 amide bonds. The molecule has 2 heterocycles. The summed E-state index contributed by atoms with van der Waals surface area (Å²) in [6.45, 7) is 2.18. The molecule has 0 saturated heterocycles. The van der Waals surface area contributed by atoms with Gasteiger partial charge in [0.1, 0.15) is 5.82 Å². The van der Waals surface area contributed by atoms with E-state index in [1.807, 2.05) is 6.07 Å². The van der Waals surface area contributed by atoms with Gasteiger partial charge in [0, 0.05) is 5.54 Å². The second-order valence-electron chi connectivity index (χ2n) is 4.63. The fraction of sp³-hybridized carbons (Fsp3) is 0.545. The van der Waals surface area contributed by atoms with Crippen LogP contribution in [0.3, 0.4) is 0 Å². The van der Waals surface area contributed by atoms with E-state index >= 15 is 0 Å². The predicted molar refractivity (Wildman–Crippen MR) is 64.1 cm³/mol. The number of nitrogens with one attached hydrogen (secondary N) is 2. The molecular formula is C11H15N5O. The second-order valence-corrected chi connectivity index (χ2v) is 4.63. The summed E-state index contributed by atoms with van der Waals surface area (Å²) in [4.78, 5) is 11.4. The molecule has 6 heteroatoms. The first-order chi connectivity index (χ1) is 8.22. The maximum absolute atomic E-state index is 11.4. The zero-order valence-corrected chi connectivity index (χ0v) is 9.73. The first-order valence-electron chi connectivity index (χ1n) is 5.95. The van der Waals surface area contributed by atoms with Gasteiger partial charge in [0.05, 0.1) is 0 Å². The van der Waals surface area contributed by atoms with E-state index < -0.39 is 0 Å². The largest absolute Gasteiger partial charge is 0.364 e. The van der Waals surface area contributed by atoms with Crippen LogP contribution in [0.2, 0.25) is 0 Å². The smallest absolute Gasteiger partial charge is 0.363 e. The normalized spacial score (nSPS) is 17.9. The molecule has 17 heavy (non-hydrogen) atoms. The van der Waals surface area contributed by atoms with Gasteiger partial charge < -0.3 is 5.32 Å². The lowest BCUT2D eigenvalue weighted by atomic mass is 9.75. The SMILES string of the molecule is CCC1(Nc2ccc3n[nH]c(=O)n3n2)CCC1. The maximum Gasteiger partial charge on any atom is 0.364 e. The predicted octanol–water partition coefficient (Wildman–Crippen LogP) is 1.16. The van der Waals surface area contributed by atoms with Crippen molar-refractivity contribution in [2.24, 2.45) is 0 Å². The van der Waals surface area contributed by atoms with Crippen LogP contribution in [0, 0.1) is 0 Å². The first kappa shape index (κ1) is 10.3. The summed E-state index contributed by atoms with van der Waals surface area (Å²) in [5.41, 5.74) is 0.413. The fourth-order valence-corrected chi connectivity index (χ4v) is 2.31. The number of hydrogen-bond acceptors (Lipinski definition) is 4. The van der Waals surface area contributed by atoms with Crippen molar-refractivity contribution < 1.29 is 0 Å². The Bertz CT molecular complexity index is 590. The number of anilines is 1. The minimum absolute atomic E-state index is 0.175. The van der Waals surface area contributed by atoms with Crippen molar-refractivity contribution in [3.63, 3.8) is 0 Å². The average molecular weight is 233 g/mol. The van der Waals surface area contributed by atoms with Crippen LogP contribution in [0.15, 0.2) is 16.9 Å².